The quantitative estimate of drug-likeness (QED) is 0.530. The summed E-state index contributed by atoms with van der Waals surface area (Å²) in [6, 6.07) is 0. The Hall–Kier alpha value is -1.36. The van der Waals surface area contributed by atoms with Crippen LogP contribution in [0.1, 0.15) is 10.4 Å². The predicted octanol–water partition coefficient (Wildman–Crippen LogP) is 1.17. The van der Waals surface area contributed by atoms with Gasteiger partial charge in [-0.3, -0.25) is 9.80 Å². The first-order valence-electron chi connectivity index (χ1n) is 9.91. The molecular weight excluding hydrogens is 414 g/mol. The van der Waals surface area contributed by atoms with Crippen LogP contribution < -0.4 is 4.90 Å². The molecule has 2 fully saturated rings. The van der Waals surface area contributed by atoms with Crippen molar-refractivity contribution in [2.45, 2.75) is 19.6 Å². The molecule has 4 heterocycles. The maximum absolute atomic E-state index is 10.7. The Morgan fingerprint density at radius 1 is 1.17 bits per heavy atom. The topological polar surface area (TPSA) is 82.0 Å². The fourth-order valence-corrected chi connectivity index (χ4v) is 5.34. The summed E-state index contributed by atoms with van der Waals surface area (Å²) >= 11 is 8.00. The van der Waals surface area contributed by atoms with E-state index in [1.54, 1.807) is 11.3 Å². The lowest BCUT2D eigenvalue weighted by molar-refractivity contribution is -0.115. The summed E-state index contributed by atoms with van der Waals surface area (Å²) in [5.74, 6) is 0.912. The Bertz CT molecular complexity index is 865. The van der Waals surface area contributed by atoms with Crippen LogP contribution in [-0.2, 0) is 16.1 Å². The summed E-state index contributed by atoms with van der Waals surface area (Å²) < 4.78 is 6.57. The summed E-state index contributed by atoms with van der Waals surface area (Å²) in [4.78, 5) is 27.8. The number of aromatic nitrogens is 2. The molecule has 2 saturated heterocycles. The second kappa shape index (κ2) is 9.20. The van der Waals surface area contributed by atoms with E-state index in [1.165, 1.54) is 10.4 Å². The van der Waals surface area contributed by atoms with Crippen LogP contribution >= 0.6 is 22.9 Å². The first-order valence-corrected chi connectivity index (χ1v) is 11.1. The molecule has 8 nitrogen and oxygen atoms in total. The molecule has 158 valence electrons. The van der Waals surface area contributed by atoms with Crippen molar-refractivity contribution in [2.75, 3.05) is 63.9 Å². The van der Waals surface area contributed by atoms with Crippen molar-refractivity contribution in [3.8, 4) is 0 Å². The molecule has 0 amide bonds. The van der Waals surface area contributed by atoms with Crippen LogP contribution in [0.15, 0.2) is 0 Å². The summed E-state index contributed by atoms with van der Waals surface area (Å²) in [6.07, 6.45) is -0.293. The number of nitrogens with zero attached hydrogens (tertiary/aromatic N) is 5. The van der Waals surface area contributed by atoms with Crippen LogP contribution in [0.4, 0.5) is 5.82 Å². The van der Waals surface area contributed by atoms with Gasteiger partial charge in [0.05, 0.1) is 23.4 Å². The molecule has 1 unspecified atom stereocenters. The normalized spacial score (nSPS) is 20.3. The van der Waals surface area contributed by atoms with Gasteiger partial charge in [0, 0.05) is 57.2 Å². The van der Waals surface area contributed by atoms with Crippen LogP contribution in [0.25, 0.3) is 10.2 Å². The molecule has 29 heavy (non-hydrogen) atoms. The van der Waals surface area contributed by atoms with Gasteiger partial charge in [0.15, 0.2) is 5.82 Å². The highest BCUT2D eigenvalue weighted by Crippen LogP contribution is 2.37. The molecule has 10 heteroatoms. The zero-order valence-electron chi connectivity index (χ0n) is 16.5. The Labute approximate surface area is 179 Å². The molecule has 0 aliphatic carbocycles. The molecule has 0 spiro atoms. The fourth-order valence-electron chi connectivity index (χ4n) is 3.87. The predicted molar refractivity (Wildman–Crippen MR) is 114 cm³/mol. The number of aryl methyl sites for hydroxylation is 1. The number of thiophene rings is 1. The lowest BCUT2D eigenvalue weighted by atomic mass is 10.2. The van der Waals surface area contributed by atoms with Gasteiger partial charge in [0.2, 0.25) is 5.28 Å². The summed E-state index contributed by atoms with van der Waals surface area (Å²) in [6.45, 7) is 9.90. The SMILES string of the molecule is Cc1c(CN2CCN(CC(O)C=O)CC2)sc2c(N3CCOCC3)nc(Cl)nc12. The van der Waals surface area contributed by atoms with E-state index in [9.17, 15) is 9.90 Å². The third-order valence-corrected chi connectivity index (χ3v) is 6.99. The highest BCUT2D eigenvalue weighted by Gasteiger charge is 2.24. The molecule has 0 aromatic carbocycles. The van der Waals surface area contributed by atoms with E-state index in [0.29, 0.717) is 26.0 Å². The third-order valence-electron chi connectivity index (χ3n) is 5.56. The number of β-amino-alcohol motifs (C(OH)–C–C–N with tert-alkyl or cyclic N) is 1. The first kappa shape index (κ1) is 20.9. The molecular formula is C19H26ClN5O3S. The first-order chi connectivity index (χ1) is 14.0. The molecule has 2 aromatic rings. The number of rotatable bonds is 6. The van der Waals surface area contributed by atoms with Crippen LogP contribution in [0.5, 0.6) is 0 Å². The van der Waals surface area contributed by atoms with Crippen molar-refractivity contribution in [3.05, 3.63) is 15.7 Å². The van der Waals surface area contributed by atoms with Gasteiger partial charge in [-0.1, -0.05) is 0 Å². The van der Waals surface area contributed by atoms with Crippen molar-refractivity contribution in [1.29, 1.82) is 0 Å². The number of hydrogen-bond acceptors (Lipinski definition) is 9. The number of halogens is 1. The number of carbonyl (C=O) groups is 1. The molecule has 0 radical (unpaired) electrons. The standard InChI is InChI=1S/C19H26ClN5O3S/c1-13-15(11-24-4-2-23(3-5-24)10-14(27)12-26)29-17-16(13)21-19(20)22-18(17)25-6-8-28-9-7-25/h12,14,27H,2-11H2,1H3. The summed E-state index contributed by atoms with van der Waals surface area (Å²) in [7, 11) is 0. The average Bonchev–Trinajstić information content (AvgIpc) is 3.05. The van der Waals surface area contributed by atoms with Gasteiger partial charge < -0.3 is 19.5 Å². The minimum atomic E-state index is -0.895. The molecule has 2 aromatic heterocycles. The van der Waals surface area contributed by atoms with Crippen molar-refractivity contribution < 1.29 is 14.6 Å². The number of aliphatic hydroxyl groups excluding tert-OH is 1. The van der Waals surface area contributed by atoms with Gasteiger partial charge in [0.1, 0.15) is 12.4 Å². The molecule has 0 saturated carbocycles. The van der Waals surface area contributed by atoms with Crippen LogP contribution in [0.3, 0.4) is 0 Å². The smallest absolute Gasteiger partial charge is 0.224 e. The van der Waals surface area contributed by atoms with Gasteiger partial charge in [0.25, 0.3) is 0 Å². The van der Waals surface area contributed by atoms with E-state index in [-0.39, 0.29) is 5.28 Å². The molecule has 2 aliphatic heterocycles. The Morgan fingerprint density at radius 3 is 2.55 bits per heavy atom. The van der Waals surface area contributed by atoms with E-state index in [1.807, 2.05) is 0 Å². The maximum Gasteiger partial charge on any atom is 0.224 e. The van der Waals surface area contributed by atoms with Gasteiger partial charge >= 0.3 is 0 Å². The van der Waals surface area contributed by atoms with E-state index < -0.39 is 6.10 Å². The third kappa shape index (κ3) is 4.70. The van der Waals surface area contributed by atoms with Crippen molar-refractivity contribution in [1.82, 2.24) is 19.8 Å². The van der Waals surface area contributed by atoms with Crippen molar-refractivity contribution in [2.24, 2.45) is 0 Å². The molecule has 1 N–H and O–H groups in total. The second-order valence-corrected chi connectivity index (χ2v) is 8.97. The number of aldehydes is 1. The monoisotopic (exact) mass is 439 g/mol. The molecule has 2 aliphatic rings. The van der Waals surface area contributed by atoms with Gasteiger partial charge in [-0.2, -0.15) is 4.98 Å². The lowest BCUT2D eigenvalue weighted by Gasteiger charge is -2.34. The van der Waals surface area contributed by atoms with Gasteiger partial charge in [-0.25, -0.2) is 4.98 Å². The van der Waals surface area contributed by atoms with Crippen LogP contribution in [0.2, 0.25) is 5.28 Å². The van der Waals surface area contributed by atoms with Crippen LogP contribution in [0, 0.1) is 6.92 Å². The van der Waals surface area contributed by atoms with E-state index in [4.69, 9.17) is 16.3 Å². The minimum absolute atomic E-state index is 0.286. The molecule has 0 bridgehead atoms. The zero-order valence-corrected chi connectivity index (χ0v) is 18.1. The number of fused-ring (bicyclic) bond motifs is 1. The van der Waals surface area contributed by atoms with E-state index in [0.717, 1.165) is 61.8 Å². The Balaban J connectivity index is 1.50. The number of aliphatic hydroxyl groups is 1. The highest BCUT2D eigenvalue weighted by molar-refractivity contribution is 7.19. The summed E-state index contributed by atoms with van der Waals surface area (Å²) in [5, 5.41) is 9.81. The van der Waals surface area contributed by atoms with Gasteiger partial charge in [-0.05, 0) is 24.1 Å². The Kier molecular flexibility index (Phi) is 6.63. The number of hydrogen-bond donors (Lipinski definition) is 1. The lowest BCUT2D eigenvalue weighted by Crippen LogP contribution is -2.48. The number of morpholine rings is 1. The van der Waals surface area contributed by atoms with E-state index in [2.05, 4.69) is 31.6 Å². The number of carbonyl (C=O) groups excluding carboxylic acids is 1. The van der Waals surface area contributed by atoms with Crippen LogP contribution in [-0.4, -0.2) is 96.3 Å². The zero-order chi connectivity index (χ0) is 20.4. The Morgan fingerprint density at radius 2 is 1.86 bits per heavy atom. The maximum atomic E-state index is 10.7. The number of ether oxygens (including phenoxy) is 1. The van der Waals surface area contributed by atoms with Gasteiger partial charge in [-0.15, -0.1) is 11.3 Å². The largest absolute Gasteiger partial charge is 0.384 e. The highest BCUT2D eigenvalue weighted by atomic mass is 35.5. The average molecular weight is 440 g/mol. The molecule has 1 atom stereocenters. The number of anilines is 1. The number of piperazine rings is 1. The molecule has 4 rings (SSSR count). The van der Waals surface area contributed by atoms with E-state index >= 15 is 0 Å². The fraction of sp³-hybridized carbons (Fsp3) is 0.632. The van der Waals surface area contributed by atoms with Crippen molar-refractivity contribution >= 4 is 45.3 Å². The second-order valence-electron chi connectivity index (χ2n) is 7.52. The summed E-state index contributed by atoms with van der Waals surface area (Å²) in [5.41, 5.74) is 2.11. The minimum Gasteiger partial charge on any atom is -0.384 e. The van der Waals surface area contributed by atoms with Crippen molar-refractivity contribution in [3.63, 3.8) is 0 Å².